The molecule has 2 N–H and O–H groups in total. The number of rotatable bonds is 2. The number of anilines is 1. The molecule has 1 atom stereocenters. The van der Waals surface area contributed by atoms with Gasteiger partial charge in [0.25, 0.3) is 0 Å². The van der Waals surface area contributed by atoms with E-state index in [0.29, 0.717) is 22.2 Å². The van der Waals surface area contributed by atoms with Gasteiger partial charge in [-0.05, 0) is 0 Å². The van der Waals surface area contributed by atoms with Crippen molar-refractivity contribution in [1.29, 1.82) is 0 Å². The molecule has 2 heterocycles. The first-order valence-corrected chi connectivity index (χ1v) is 7.48. The first kappa shape index (κ1) is 12.9. The zero-order chi connectivity index (χ0) is 13.2. The fourth-order valence-electron chi connectivity index (χ4n) is 1.97. The topological polar surface area (TPSA) is 59.6 Å². The second kappa shape index (κ2) is 5.48. The Morgan fingerprint density at radius 3 is 2.95 bits per heavy atom. The van der Waals surface area contributed by atoms with Crippen LogP contribution in [0.1, 0.15) is 0 Å². The second-order valence-corrected chi connectivity index (χ2v) is 5.81. The zero-order valence-electron chi connectivity index (χ0n) is 10.1. The number of amides is 1. The van der Waals surface area contributed by atoms with Crippen molar-refractivity contribution >= 4 is 35.0 Å². The maximum Gasteiger partial charge on any atom is 0.242 e. The van der Waals surface area contributed by atoms with Crippen molar-refractivity contribution in [3.8, 4) is 11.5 Å². The molecule has 0 spiro atoms. The summed E-state index contributed by atoms with van der Waals surface area (Å²) in [5.74, 6) is 2.94. The molecule has 102 valence electrons. The molecule has 1 aromatic rings. The van der Waals surface area contributed by atoms with Crippen LogP contribution in [-0.4, -0.2) is 36.8 Å². The van der Waals surface area contributed by atoms with E-state index in [4.69, 9.17) is 21.1 Å². The largest absolute Gasteiger partial charge is 0.454 e. The number of thioether (sulfide) groups is 1. The van der Waals surface area contributed by atoms with Crippen molar-refractivity contribution in [3.05, 3.63) is 17.2 Å². The lowest BCUT2D eigenvalue weighted by Crippen LogP contribution is -2.46. The Morgan fingerprint density at radius 2 is 2.21 bits per heavy atom. The highest BCUT2D eigenvalue weighted by atomic mass is 35.5. The number of hydrogen-bond donors (Lipinski definition) is 2. The van der Waals surface area contributed by atoms with Gasteiger partial charge in [-0.2, -0.15) is 11.8 Å². The Balaban J connectivity index is 1.74. The van der Waals surface area contributed by atoms with Gasteiger partial charge < -0.3 is 20.1 Å². The third-order valence-electron chi connectivity index (χ3n) is 2.96. The average Bonchev–Trinajstić information content (AvgIpc) is 2.87. The van der Waals surface area contributed by atoms with Gasteiger partial charge in [-0.1, -0.05) is 11.6 Å². The lowest BCUT2D eigenvalue weighted by molar-refractivity contribution is -0.117. The van der Waals surface area contributed by atoms with E-state index in [-0.39, 0.29) is 18.7 Å². The van der Waals surface area contributed by atoms with E-state index in [1.54, 1.807) is 23.9 Å². The number of fused-ring (bicyclic) bond motifs is 1. The third-order valence-corrected chi connectivity index (χ3v) is 4.33. The minimum absolute atomic E-state index is 0.0760. The van der Waals surface area contributed by atoms with E-state index in [1.165, 1.54) is 0 Å². The van der Waals surface area contributed by atoms with E-state index in [2.05, 4.69) is 10.6 Å². The highest BCUT2D eigenvalue weighted by Gasteiger charge is 2.23. The summed E-state index contributed by atoms with van der Waals surface area (Å²) in [7, 11) is 0. The Labute approximate surface area is 120 Å². The molecule has 19 heavy (non-hydrogen) atoms. The molecule has 1 unspecified atom stereocenters. The van der Waals surface area contributed by atoms with Crippen LogP contribution in [0.3, 0.4) is 0 Å². The summed E-state index contributed by atoms with van der Waals surface area (Å²) >= 11 is 7.88. The van der Waals surface area contributed by atoms with Gasteiger partial charge in [0.05, 0.1) is 16.8 Å². The predicted molar refractivity (Wildman–Crippen MR) is 75.3 cm³/mol. The molecule has 0 saturated carbocycles. The van der Waals surface area contributed by atoms with Gasteiger partial charge in [0.2, 0.25) is 12.7 Å². The van der Waals surface area contributed by atoms with Crippen LogP contribution in [0.15, 0.2) is 12.1 Å². The van der Waals surface area contributed by atoms with Crippen molar-refractivity contribution in [1.82, 2.24) is 5.32 Å². The quantitative estimate of drug-likeness (QED) is 0.871. The molecule has 0 aromatic heterocycles. The minimum atomic E-state index is -0.180. The molecule has 2 aliphatic rings. The summed E-state index contributed by atoms with van der Waals surface area (Å²) in [6.07, 6.45) is 0. The van der Waals surface area contributed by atoms with Crippen LogP contribution in [0, 0.1) is 0 Å². The van der Waals surface area contributed by atoms with Gasteiger partial charge in [-0.3, -0.25) is 4.79 Å². The van der Waals surface area contributed by atoms with Gasteiger partial charge in [0.1, 0.15) is 0 Å². The Bertz CT molecular complexity index is 506. The van der Waals surface area contributed by atoms with Crippen molar-refractivity contribution < 1.29 is 14.3 Å². The van der Waals surface area contributed by atoms with Crippen LogP contribution < -0.4 is 20.1 Å². The van der Waals surface area contributed by atoms with Gasteiger partial charge in [0.15, 0.2) is 11.5 Å². The third kappa shape index (κ3) is 2.75. The molecule has 2 aliphatic heterocycles. The van der Waals surface area contributed by atoms with Gasteiger partial charge >= 0.3 is 0 Å². The maximum atomic E-state index is 12.1. The first-order chi connectivity index (χ1) is 9.24. The van der Waals surface area contributed by atoms with E-state index in [1.807, 2.05) is 0 Å². The van der Waals surface area contributed by atoms with Crippen LogP contribution in [0.4, 0.5) is 5.69 Å². The number of halogens is 1. The van der Waals surface area contributed by atoms with Crippen LogP contribution >= 0.6 is 23.4 Å². The Kier molecular flexibility index (Phi) is 3.72. The summed E-state index contributed by atoms with van der Waals surface area (Å²) < 4.78 is 10.5. The molecule has 0 aliphatic carbocycles. The fraction of sp³-hybridized carbons (Fsp3) is 0.417. The van der Waals surface area contributed by atoms with Crippen molar-refractivity contribution in [2.75, 3.05) is 30.2 Å². The standard InChI is InChI=1S/C12H13ClN2O3S/c13-7-3-10-11(18-6-17-10)4-8(7)15-12(16)9-5-19-2-1-14-9/h3-4,9,14H,1-2,5-6H2,(H,15,16). The highest BCUT2D eigenvalue weighted by Crippen LogP contribution is 2.39. The van der Waals surface area contributed by atoms with Gasteiger partial charge in [-0.25, -0.2) is 0 Å². The number of nitrogens with one attached hydrogen (secondary N) is 2. The molecular weight excluding hydrogens is 288 g/mol. The first-order valence-electron chi connectivity index (χ1n) is 5.95. The predicted octanol–water partition coefficient (Wildman–Crippen LogP) is 1.71. The highest BCUT2D eigenvalue weighted by molar-refractivity contribution is 7.99. The number of carbonyl (C=O) groups is 1. The van der Waals surface area contributed by atoms with E-state index in [9.17, 15) is 4.79 Å². The summed E-state index contributed by atoms with van der Waals surface area (Å²) in [5.41, 5.74) is 0.549. The SMILES string of the molecule is O=C(Nc1cc2c(cc1Cl)OCO2)C1CSCCN1. The lowest BCUT2D eigenvalue weighted by Gasteiger charge is -2.22. The van der Waals surface area contributed by atoms with Gasteiger partial charge in [0, 0.05) is 30.2 Å². The van der Waals surface area contributed by atoms with Crippen LogP contribution in [0.2, 0.25) is 5.02 Å². The van der Waals surface area contributed by atoms with Crippen molar-refractivity contribution in [3.63, 3.8) is 0 Å². The number of benzene rings is 1. The summed E-state index contributed by atoms with van der Waals surface area (Å²) in [6, 6.07) is 3.17. The molecule has 5 nitrogen and oxygen atoms in total. The zero-order valence-corrected chi connectivity index (χ0v) is 11.6. The molecule has 1 saturated heterocycles. The van der Waals surface area contributed by atoms with Crippen LogP contribution in [0.25, 0.3) is 0 Å². The number of carbonyl (C=O) groups excluding carboxylic acids is 1. The average molecular weight is 301 g/mol. The van der Waals surface area contributed by atoms with Crippen LogP contribution in [0.5, 0.6) is 11.5 Å². The fourth-order valence-corrected chi connectivity index (χ4v) is 3.10. The molecule has 1 aromatic carbocycles. The minimum Gasteiger partial charge on any atom is -0.454 e. The lowest BCUT2D eigenvalue weighted by atomic mass is 10.2. The summed E-state index contributed by atoms with van der Waals surface area (Å²) in [6.45, 7) is 1.03. The number of hydrogen-bond acceptors (Lipinski definition) is 5. The Hall–Kier alpha value is -1.11. The molecule has 0 bridgehead atoms. The van der Waals surface area contributed by atoms with Crippen molar-refractivity contribution in [2.24, 2.45) is 0 Å². The monoisotopic (exact) mass is 300 g/mol. The van der Waals surface area contributed by atoms with E-state index in [0.717, 1.165) is 18.1 Å². The van der Waals surface area contributed by atoms with E-state index < -0.39 is 0 Å². The number of ether oxygens (including phenoxy) is 2. The molecule has 7 heteroatoms. The molecule has 1 amide bonds. The smallest absolute Gasteiger partial charge is 0.242 e. The molecular formula is C12H13ClN2O3S. The Morgan fingerprint density at radius 1 is 1.42 bits per heavy atom. The summed E-state index contributed by atoms with van der Waals surface area (Å²) in [5, 5.41) is 6.45. The molecule has 3 rings (SSSR count). The normalized spacial score (nSPS) is 21.2. The summed E-state index contributed by atoms with van der Waals surface area (Å²) in [4.78, 5) is 12.1. The van der Waals surface area contributed by atoms with E-state index >= 15 is 0 Å². The van der Waals surface area contributed by atoms with Crippen molar-refractivity contribution in [2.45, 2.75) is 6.04 Å². The van der Waals surface area contributed by atoms with Crippen LogP contribution in [-0.2, 0) is 4.79 Å². The maximum absolute atomic E-state index is 12.1. The molecule has 0 radical (unpaired) electrons. The molecule has 1 fully saturated rings. The second-order valence-electron chi connectivity index (χ2n) is 4.26. The van der Waals surface area contributed by atoms with Gasteiger partial charge in [-0.15, -0.1) is 0 Å².